The van der Waals surface area contributed by atoms with Gasteiger partial charge in [-0.15, -0.1) is 11.3 Å². The van der Waals surface area contributed by atoms with E-state index in [1.165, 1.54) is 11.3 Å². The lowest BCUT2D eigenvalue weighted by Gasteiger charge is -2.17. The third kappa shape index (κ3) is 5.74. The van der Waals surface area contributed by atoms with Gasteiger partial charge in [0, 0.05) is 25.4 Å². The van der Waals surface area contributed by atoms with Gasteiger partial charge in [-0.05, 0) is 33.1 Å². The molecule has 0 aliphatic heterocycles. The number of amides is 1. The Kier molecular flexibility index (Phi) is 7.31. The lowest BCUT2D eigenvalue weighted by molar-refractivity contribution is 0.0791. The molecule has 1 heterocycles. The number of hydrogen-bond acceptors (Lipinski definition) is 4. The first-order valence-electron chi connectivity index (χ1n) is 6.63. The quantitative estimate of drug-likeness (QED) is 0.809. The van der Waals surface area contributed by atoms with Gasteiger partial charge in [-0.3, -0.25) is 4.79 Å². The molecular weight excluding hydrogens is 272 g/mol. The fraction of sp³-hybridized carbons (Fsp3) is 0.533. The summed E-state index contributed by atoms with van der Waals surface area (Å²) in [4.78, 5) is 16.9. The van der Waals surface area contributed by atoms with E-state index in [1.54, 1.807) is 4.90 Å². The third-order valence-electron chi connectivity index (χ3n) is 2.74. The molecule has 0 saturated heterocycles. The van der Waals surface area contributed by atoms with Crippen LogP contribution in [0.3, 0.4) is 0 Å². The summed E-state index contributed by atoms with van der Waals surface area (Å²) in [5.74, 6) is 5.85. The fourth-order valence-electron chi connectivity index (χ4n) is 1.67. The summed E-state index contributed by atoms with van der Waals surface area (Å²) in [6, 6.07) is 1.82. The van der Waals surface area contributed by atoms with E-state index in [4.69, 9.17) is 5.11 Å². The molecule has 0 radical (unpaired) electrons. The molecule has 0 aliphatic carbocycles. The Balaban J connectivity index is 2.53. The van der Waals surface area contributed by atoms with Crippen molar-refractivity contribution in [2.75, 3.05) is 40.8 Å². The number of carbonyl (C=O) groups excluding carboxylic acids is 1. The van der Waals surface area contributed by atoms with Crippen LogP contribution in [0.25, 0.3) is 0 Å². The normalized spacial score (nSPS) is 10.2. The third-order valence-corrected chi connectivity index (χ3v) is 3.59. The summed E-state index contributed by atoms with van der Waals surface area (Å²) in [7, 11) is 5.88. The molecule has 0 saturated carbocycles. The molecule has 5 heteroatoms. The van der Waals surface area contributed by atoms with E-state index in [0.717, 1.165) is 24.4 Å². The van der Waals surface area contributed by atoms with E-state index >= 15 is 0 Å². The van der Waals surface area contributed by atoms with Gasteiger partial charge in [-0.25, -0.2) is 0 Å². The van der Waals surface area contributed by atoms with Gasteiger partial charge in [-0.1, -0.05) is 11.8 Å². The Labute approximate surface area is 125 Å². The van der Waals surface area contributed by atoms with Crippen molar-refractivity contribution in [2.24, 2.45) is 0 Å². The Morgan fingerprint density at radius 3 is 2.75 bits per heavy atom. The van der Waals surface area contributed by atoms with Crippen LogP contribution in [0, 0.1) is 11.8 Å². The van der Waals surface area contributed by atoms with Gasteiger partial charge in [0.25, 0.3) is 5.91 Å². The lowest BCUT2D eigenvalue weighted by atomic mass is 10.2. The molecule has 0 atom stereocenters. The molecule has 0 bridgehead atoms. The SMILES string of the molecule is CN(C)CCCN(C)C(=O)c1csc(C#CCCO)c1. The maximum Gasteiger partial charge on any atom is 0.254 e. The largest absolute Gasteiger partial charge is 0.395 e. The van der Waals surface area contributed by atoms with Gasteiger partial charge in [0.1, 0.15) is 0 Å². The van der Waals surface area contributed by atoms with Crippen molar-refractivity contribution < 1.29 is 9.90 Å². The fourth-order valence-corrected chi connectivity index (χ4v) is 2.41. The van der Waals surface area contributed by atoms with Gasteiger partial charge in [-0.2, -0.15) is 0 Å². The first kappa shape index (κ1) is 16.7. The Hall–Kier alpha value is -1.35. The smallest absolute Gasteiger partial charge is 0.254 e. The Morgan fingerprint density at radius 1 is 1.35 bits per heavy atom. The van der Waals surface area contributed by atoms with Gasteiger partial charge >= 0.3 is 0 Å². The van der Waals surface area contributed by atoms with Crippen LogP contribution < -0.4 is 0 Å². The molecule has 4 nitrogen and oxygen atoms in total. The number of aliphatic hydroxyl groups excluding tert-OH is 1. The predicted molar refractivity (Wildman–Crippen MR) is 83.0 cm³/mol. The Morgan fingerprint density at radius 2 is 2.10 bits per heavy atom. The highest BCUT2D eigenvalue weighted by molar-refractivity contribution is 7.10. The number of hydrogen-bond donors (Lipinski definition) is 1. The molecule has 110 valence electrons. The van der Waals surface area contributed by atoms with Gasteiger partial charge in [0.2, 0.25) is 0 Å². The molecule has 1 rings (SSSR count). The van der Waals surface area contributed by atoms with Crippen molar-refractivity contribution in [3.8, 4) is 11.8 Å². The van der Waals surface area contributed by atoms with Gasteiger partial charge in [0.05, 0.1) is 17.0 Å². The number of nitrogens with zero attached hydrogens (tertiary/aromatic N) is 2. The number of rotatable bonds is 6. The van der Waals surface area contributed by atoms with E-state index in [1.807, 2.05) is 32.6 Å². The van der Waals surface area contributed by atoms with Crippen LogP contribution in [0.4, 0.5) is 0 Å². The average molecular weight is 294 g/mol. The van der Waals surface area contributed by atoms with Crippen LogP contribution in [0.2, 0.25) is 0 Å². The monoisotopic (exact) mass is 294 g/mol. The van der Waals surface area contributed by atoms with Crippen molar-refractivity contribution in [1.82, 2.24) is 9.80 Å². The number of carbonyl (C=O) groups is 1. The maximum absolute atomic E-state index is 12.2. The van der Waals surface area contributed by atoms with Crippen molar-refractivity contribution in [1.29, 1.82) is 0 Å². The van der Waals surface area contributed by atoms with Gasteiger partial charge in [0.15, 0.2) is 0 Å². The molecule has 1 aromatic rings. The van der Waals surface area contributed by atoms with Crippen LogP contribution in [-0.4, -0.2) is 61.7 Å². The van der Waals surface area contributed by atoms with Crippen molar-refractivity contribution in [3.05, 3.63) is 21.9 Å². The summed E-state index contributed by atoms with van der Waals surface area (Å²) in [6.07, 6.45) is 1.42. The van der Waals surface area contributed by atoms with E-state index in [2.05, 4.69) is 16.7 Å². The second kappa shape index (κ2) is 8.75. The first-order valence-corrected chi connectivity index (χ1v) is 7.51. The summed E-state index contributed by atoms with van der Waals surface area (Å²) in [5, 5.41) is 10.5. The first-order chi connectivity index (χ1) is 9.54. The predicted octanol–water partition coefficient (Wildman–Crippen LogP) is 1.51. The highest BCUT2D eigenvalue weighted by atomic mass is 32.1. The molecule has 0 fully saturated rings. The molecule has 0 aromatic carbocycles. The highest BCUT2D eigenvalue weighted by Gasteiger charge is 2.12. The van der Waals surface area contributed by atoms with Gasteiger partial charge < -0.3 is 14.9 Å². The molecule has 0 aliphatic rings. The average Bonchev–Trinajstić information content (AvgIpc) is 2.86. The maximum atomic E-state index is 12.2. The molecule has 0 spiro atoms. The second-order valence-corrected chi connectivity index (χ2v) is 5.77. The molecule has 20 heavy (non-hydrogen) atoms. The second-order valence-electron chi connectivity index (χ2n) is 4.86. The zero-order chi connectivity index (χ0) is 15.0. The minimum absolute atomic E-state index is 0.0372. The van der Waals surface area contributed by atoms with Crippen LogP contribution in [0.15, 0.2) is 11.4 Å². The molecule has 1 N–H and O–H groups in total. The highest BCUT2D eigenvalue weighted by Crippen LogP contribution is 2.15. The lowest BCUT2D eigenvalue weighted by Crippen LogP contribution is -2.29. The molecule has 0 unspecified atom stereocenters. The minimum Gasteiger partial charge on any atom is -0.395 e. The van der Waals surface area contributed by atoms with Crippen molar-refractivity contribution in [3.63, 3.8) is 0 Å². The van der Waals surface area contributed by atoms with E-state index in [-0.39, 0.29) is 12.5 Å². The topological polar surface area (TPSA) is 43.8 Å². The Bertz CT molecular complexity index is 486. The van der Waals surface area contributed by atoms with Crippen molar-refractivity contribution in [2.45, 2.75) is 12.8 Å². The molecule has 1 aromatic heterocycles. The van der Waals surface area contributed by atoms with Crippen molar-refractivity contribution >= 4 is 17.2 Å². The van der Waals surface area contributed by atoms with E-state index in [9.17, 15) is 4.79 Å². The molecular formula is C15H22N2O2S. The standard InChI is InChI=1S/C15H22N2O2S/c1-16(2)8-6-9-17(3)15(19)13-11-14(20-12-13)7-4-5-10-18/h11-12,18H,5-6,8-10H2,1-3H3. The summed E-state index contributed by atoms with van der Waals surface area (Å²) in [6.45, 7) is 1.79. The summed E-state index contributed by atoms with van der Waals surface area (Å²) < 4.78 is 0. The zero-order valence-electron chi connectivity index (χ0n) is 12.3. The number of thiophene rings is 1. The minimum atomic E-state index is 0.0372. The van der Waals surface area contributed by atoms with Crippen LogP contribution >= 0.6 is 11.3 Å². The molecule has 1 amide bonds. The zero-order valence-corrected chi connectivity index (χ0v) is 13.2. The summed E-state index contributed by atoms with van der Waals surface area (Å²) >= 11 is 1.46. The van der Waals surface area contributed by atoms with E-state index < -0.39 is 0 Å². The number of aliphatic hydroxyl groups is 1. The van der Waals surface area contributed by atoms with Crippen LogP contribution in [0.1, 0.15) is 28.1 Å². The summed E-state index contributed by atoms with van der Waals surface area (Å²) in [5.41, 5.74) is 0.690. The van der Waals surface area contributed by atoms with Crippen LogP contribution in [0.5, 0.6) is 0 Å². The van der Waals surface area contributed by atoms with E-state index in [0.29, 0.717) is 12.0 Å². The van der Waals surface area contributed by atoms with Crippen LogP contribution in [-0.2, 0) is 0 Å².